The van der Waals surface area contributed by atoms with Gasteiger partial charge in [-0.15, -0.1) is 0 Å². The second kappa shape index (κ2) is 6.39. The molecule has 1 aromatic carbocycles. The number of phenols is 1. The number of ether oxygens (including phenoxy) is 1. The van der Waals surface area contributed by atoms with Crippen LogP contribution < -0.4 is 10.1 Å². The van der Waals surface area contributed by atoms with Crippen molar-refractivity contribution < 1.29 is 9.84 Å². The number of phenolic OH excluding ortho intramolecular Hbond substituents is 1. The lowest BCUT2D eigenvalue weighted by Crippen LogP contribution is -2.22. The van der Waals surface area contributed by atoms with E-state index in [2.05, 4.69) is 17.2 Å². The molecule has 2 aromatic rings. The lowest BCUT2D eigenvalue weighted by Gasteiger charge is -2.21. The molecule has 0 aliphatic carbocycles. The second-order valence-corrected chi connectivity index (χ2v) is 4.82. The Bertz CT molecular complexity index is 558. The summed E-state index contributed by atoms with van der Waals surface area (Å²) >= 11 is 0. The molecule has 1 unspecified atom stereocenters. The van der Waals surface area contributed by atoms with Crippen molar-refractivity contribution in [2.45, 2.75) is 25.9 Å². The Hall–Kier alpha value is -2.07. The average molecular weight is 272 g/mol. The molecule has 0 amide bonds. The zero-order valence-corrected chi connectivity index (χ0v) is 12.0. The van der Waals surface area contributed by atoms with E-state index in [1.807, 2.05) is 25.1 Å². The van der Waals surface area contributed by atoms with Gasteiger partial charge in [-0.3, -0.25) is 4.98 Å². The van der Waals surface area contributed by atoms with Crippen LogP contribution in [0.25, 0.3) is 0 Å². The molecule has 0 fully saturated rings. The fourth-order valence-electron chi connectivity index (χ4n) is 2.22. The summed E-state index contributed by atoms with van der Waals surface area (Å²) in [6.45, 7) is 4.11. The monoisotopic (exact) mass is 272 g/mol. The Morgan fingerprint density at radius 3 is 2.45 bits per heavy atom. The van der Waals surface area contributed by atoms with E-state index >= 15 is 0 Å². The van der Waals surface area contributed by atoms with Crippen LogP contribution in [0.5, 0.6) is 11.5 Å². The molecule has 0 saturated heterocycles. The van der Waals surface area contributed by atoms with E-state index in [0.717, 1.165) is 16.9 Å². The van der Waals surface area contributed by atoms with Crippen molar-refractivity contribution in [3.63, 3.8) is 0 Å². The topological polar surface area (TPSA) is 54.4 Å². The fourth-order valence-corrected chi connectivity index (χ4v) is 2.22. The van der Waals surface area contributed by atoms with Crippen molar-refractivity contribution in [1.82, 2.24) is 10.3 Å². The molecule has 2 N–H and O–H groups in total. The summed E-state index contributed by atoms with van der Waals surface area (Å²) in [5.74, 6) is 1.01. The van der Waals surface area contributed by atoms with E-state index in [1.165, 1.54) is 0 Å². The van der Waals surface area contributed by atoms with Gasteiger partial charge in [-0.25, -0.2) is 0 Å². The Labute approximate surface area is 119 Å². The van der Waals surface area contributed by atoms with Gasteiger partial charge in [-0.1, -0.05) is 0 Å². The summed E-state index contributed by atoms with van der Waals surface area (Å²) in [7, 11) is 1.62. The number of hydrogen-bond donors (Lipinski definition) is 2. The van der Waals surface area contributed by atoms with Gasteiger partial charge in [0.2, 0.25) is 0 Å². The summed E-state index contributed by atoms with van der Waals surface area (Å²) in [5.41, 5.74) is 1.99. The number of nitrogens with one attached hydrogen (secondary N) is 1. The van der Waals surface area contributed by atoms with Crippen LogP contribution in [0.2, 0.25) is 0 Å². The van der Waals surface area contributed by atoms with Crippen molar-refractivity contribution in [2.24, 2.45) is 0 Å². The third kappa shape index (κ3) is 3.27. The maximum Gasteiger partial charge on any atom is 0.120 e. The SMILES string of the molecule is COc1ccc(O)c(C(C)N[C@H](C)c2ccncc2)c1. The highest BCUT2D eigenvalue weighted by Crippen LogP contribution is 2.29. The average Bonchev–Trinajstić information content (AvgIpc) is 2.48. The minimum absolute atomic E-state index is 0.00765. The maximum absolute atomic E-state index is 9.98. The first kappa shape index (κ1) is 14.3. The maximum atomic E-state index is 9.98. The van der Waals surface area contributed by atoms with Gasteiger partial charge in [0.05, 0.1) is 7.11 Å². The van der Waals surface area contributed by atoms with Gasteiger partial charge >= 0.3 is 0 Å². The molecule has 106 valence electrons. The largest absolute Gasteiger partial charge is 0.508 e. The third-order valence-electron chi connectivity index (χ3n) is 3.41. The summed E-state index contributed by atoms with van der Waals surface area (Å²) < 4.78 is 5.20. The van der Waals surface area contributed by atoms with Gasteiger partial charge in [0, 0.05) is 30.0 Å². The quantitative estimate of drug-likeness (QED) is 0.877. The summed E-state index contributed by atoms with van der Waals surface area (Å²) in [5, 5.41) is 13.4. The predicted molar refractivity (Wildman–Crippen MR) is 78.9 cm³/mol. The normalized spacial score (nSPS) is 13.8. The Balaban J connectivity index is 2.14. The zero-order valence-electron chi connectivity index (χ0n) is 12.0. The van der Waals surface area contributed by atoms with Crippen LogP contribution in [0.4, 0.5) is 0 Å². The molecule has 0 aliphatic heterocycles. The van der Waals surface area contributed by atoms with Crippen molar-refractivity contribution in [2.75, 3.05) is 7.11 Å². The molecular weight excluding hydrogens is 252 g/mol. The number of nitrogens with zero attached hydrogens (tertiary/aromatic N) is 1. The van der Waals surface area contributed by atoms with E-state index in [4.69, 9.17) is 4.74 Å². The van der Waals surface area contributed by atoms with Gasteiger partial charge in [-0.2, -0.15) is 0 Å². The highest BCUT2D eigenvalue weighted by atomic mass is 16.5. The minimum Gasteiger partial charge on any atom is -0.508 e. The second-order valence-electron chi connectivity index (χ2n) is 4.82. The van der Waals surface area contributed by atoms with E-state index in [9.17, 15) is 5.11 Å². The van der Waals surface area contributed by atoms with Crippen molar-refractivity contribution >= 4 is 0 Å². The number of hydrogen-bond acceptors (Lipinski definition) is 4. The standard InChI is InChI=1S/C16H20N2O2/c1-11(13-6-8-17-9-7-13)18-12(2)15-10-14(20-3)4-5-16(15)19/h4-12,18-19H,1-3H3/t11-,12?/m1/s1. The molecule has 2 rings (SSSR count). The van der Waals surface area contributed by atoms with Crippen molar-refractivity contribution in [3.05, 3.63) is 53.9 Å². The van der Waals surface area contributed by atoms with Crippen LogP contribution in [-0.2, 0) is 0 Å². The number of aromatic hydroxyl groups is 1. The lowest BCUT2D eigenvalue weighted by molar-refractivity contribution is 0.405. The Morgan fingerprint density at radius 2 is 1.80 bits per heavy atom. The Kier molecular flexibility index (Phi) is 4.58. The highest BCUT2D eigenvalue weighted by Gasteiger charge is 2.15. The molecular formula is C16H20N2O2. The van der Waals surface area contributed by atoms with E-state index < -0.39 is 0 Å². The molecule has 0 bridgehead atoms. The fraction of sp³-hybridized carbons (Fsp3) is 0.312. The first-order chi connectivity index (χ1) is 9.61. The van der Waals surface area contributed by atoms with Gasteiger partial charge < -0.3 is 15.2 Å². The first-order valence-corrected chi connectivity index (χ1v) is 6.64. The third-order valence-corrected chi connectivity index (χ3v) is 3.41. The van der Waals surface area contributed by atoms with Gasteiger partial charge in [-0.05, 0) is 49.7 Å². The van der Waals surface area contributed by atoms with Crippen LogP contribution in [-0.4, -0.2) is 17.2 Å². The van der Waals surface area contributed by atoms with Crippen LogP contribution >= 0.6 is 0 Å². The number of benzene rings is 1. The van der Waals surface area contributed by atoms with Crippen LogP contribution in [0, 0.1) is 0 Å². The first-order valence-electron chi connectivity index (χ1n) is 6.64. The van der Waals surface area contributed by atoms with Gasteiger partial charge in [0.25, 0.3) is 0 Å². The lowest BCUT2D eigenvalue weighted by atomic mass is 10.0. The number of aromatic nitrogens is 1. The van der Waals surface area contributed by atoms with Gasteiger partial charge in [0.15, 0.2) is 0 Å². The van der Waals surface area contributed by atoms with Gasteiger partial charge in [0.1, 0.15) is 11.5 Å². The zero-order chi connectivity index (χ0) is 14.5. The van der Waals surface area contributed by atoms with Crippen LogP contribution in [0.3, 0.4) is 0 Å². The number of methoxy groups -OCH3 is 1. The van der Waals surface area contributed by atoms with E-state index in [1.54, 1.807) is 31.6 Å². The Morgan fingerprint density at radius 1 is 1.10 bits per heavy atom. The predicted octanol–water partition coefficient (Wildman–Crippen LogP) is 3.21. The van der Waals surface area contributed by atoms with E-state index in [-0.39, 0.29) is 17.8 Å². The summed E-state index contributed by atoms with van der Waals surface area (Å²) in [6, 6.07) is 9.39. The molecule has 1 aromatic heterocycles. The van der Waals surface area contributed by atoms with Crippen LogP contribution in [0.1, 0.15) is 37.1 Å². The molecule has 2 atom stereocenters. The summed E-state index contributed by atoms with van der Waals surface area (Å²) in [4.78, 5) is 4.02. The smallest absolute Gasteiger partial charge is 0.120 e. The summed E-state index contributed by atoms with van der Waals surface area (Å²) in [6.07, 6.45) is 3.56. The molecule has 4 nitrogen and oxygen atoms in total. The molecule has 0 spiro atoms. The number of rotatable bonds is 5. The number of pyridine rings is 1. The van der Waals surface area contributed by atoms with Crippen molar-refractivity contribution in [3.8, 4) is 11.5 Å². The molecule has 0 radical (unpaired) electrons. The molecule has 0 saturated carbocycles. The molecule has 1 heterocycles. The molecule has 0 aliphatic rings. The van der Waals surface area contributed by atoms with Crippen molar-refractivity contribution in [1.29, 1.82) is 0 Å². The molecule has 20 heavy (non-hydrogen) atoms. The minimum atomic E-state index is 0.00765. The molecule has 4 heteroatoms. The van der Waals surface area contributed by atoms with Crippen LogP contribution in [0.15, 0.2) is 42.7 Å². The highest BCUT2D eigenvalue weighted by molar-refractivity contribution is 5.41. The van der Waals surface area contributed by atoms with E-state index in [0.29, 0.717) is 0 Å².